The topological polar surface area (TPSA) is 49.4 Å². The predicted octanol–water partition coefficient (Wildman–Crippen LogP) is 5.09. The van der Waals surface area contributed by atoms with Crippen molar-refractivity contribution in [2.24, 2.45) is 0 Å². The third kappa shape index (κ3) is 3.74. The molecule has 1 aromatic carbocycles. The number of hydrogen-bond donors (Lipinski definition) is 1. The number of rotatable bonds is 2. The van der Waals surface area contributed by atoms with E-state index in [1.807, 2.05) is 31.2 Å². The van der Waals surface area contributed by atoms with E-state index in [1.165, 1.54) is 23.1 Å². The average Bonchev–Trinajstić information content (AvgIpc) is 2.84. The van der Waals surface area contributed by atoms with Crippen molar-refractivity contribution in [3.8, 4) is 0 Å². The first kappa shape index (κ1) is 16.8. The van der Waals surface area contributed by atoms with E-state index in [2.05, 4.69) is 21.2 Å². The molecule has 1 N–H and O–H groups in total. The molecule has 1 aliphatic heterocycles. The minimum Gasteiger partial charge on any atom is -0.335 e. The fourth-order valence-electron chi connectivity index (χ4n) is 3.32. The fourth-order valence-corrected chi connectivity index (χ4v) is 4.78. The Morgan fingerprint density at radius 2 is 1.87 bits per heavy atom. The molecule has 4 nitrogen and oxygen atoms in total. The highest BCUT2D eigenvalue weighted by Crippen LogP contribution is 2.43. The van der Waals surface area contributed by atoms with Crippen LogP contribution in [0.15, 0.2) is 28.7 Å². The Morgan fingerprint density at radius 3 is 2.52 bits per heavy atom. The molecule has 2 unspecified atom stereocenters. The number of imide groups is 1. The number of nitrogens with one attached hydrogen (secondary N) is 1. The van der Waals surface area contributed by atoms with Crippen LogP contribution in [0, 0.1) is 0 Å². The predicted molar refractivity (Wildman–Crippen MR) is 96.6 cm³/mol. The average molecular weight is 397 g/mol. The number of benzene rings is 1. The molecule has 1 saturated carbocycles. The van der Waals surface area contributed by atoms with E-state index in [-0.39, 0.29) is 28.6 Å². The highest BCUT2D eigenvalue weighted by molar-refractivity contribution is 9.10. The summed E-state index contributed by atoms with van der Waals surface area (Å²) in [5, 5.41) is 2.89. The number of hydrogen-bond acceptors (Lipinski definition) is 3. The largest absolute Gasteiger partial charge is 0.335 e. The molecule has 3 rings (SSSR count). The van der Waals surface area contributed by atoms with Crippen LogP contribution in [0.4, 0.5) is 9.59 Å². The first-order valence-corrected chi connectivity index (χ1v) is 9.79. The van der Waals surface area contributed by atoms with Crippen LogP contribution in [0.2, 0.25) is 0 Å². The third-order valence-electron chi connectivity index (χ3n) is 4.62. The van der Waals surface area contributed by atoms with Crippen molar-refractivity contribution in [2.45, 2.75) is 56.4 Å². The lowest BCUT2D eigenvalue weighted by atomic mass is 9.96. The van der Waals surface area contributed by atoms with Gasteiger partial charge < -0.3 is 5.32 Å². The molecule has 2 fully saturated rings. The van der Waals surface area contributed by atoms with Gasteiger partial charge in [0.25, 0.3) is 5.24 Å². The lowest BCUT2D eigenvalue weighted by Crippen LogP contribution is -2.48. The minimum atomic E-state index is -0.235. The van der Waals surface area contributed by atoms with Gasteiger partial charge in [0.1, 0.15) is 0 Å². The summed E-state index contributed by atoms with van der Waals surface area (Å²) in [5.74, 6) is 0. The monoisotopic (exact) mass is 396 g/mol. The molecule has 0 spiro atoms. The second-order valence-electron chi connectivity index (χ2n) is 6.25. The SMILES string of the molecule is CC1C(c2ccc(Br)cc2)SC(=O)N1C(=O)NC1CCCCC1. The summed E-state index contributed by atoms with van der Waals surface area (Å²) in [6.07, 6.45) is 5.60. The Morgan fingerprint density at radius 1 is 1.22 bits per heavy atom. The molecule has 23 heavy (non-hydrogen) atoms. The Hall–Kier alpha value is -1.01. The van der Waals surface area contributed by atoms with E-state index in [0.29, 0.717) is 0 Å². The van der Waals surface area contributed by atoms with Crippen LogP contribution in [-0.2, 0) is 0 Å². The molecule has 1 aliphatic carbocycles. The number of carbonyl (C=O) groups is 2. The summed E-state index contributed by atoms with van der Waals surface area (Å²) in [4.78, 5) is 26.3. The standard InChI is InChI=1S/C17H21BrN2O2S/c1-11-15(12-7-9-13(18)10-8-12)23-17(22)20(11)16(21)19-14-5-3-2-4-6-14/h7-11,14-15H,2-6H2,1H3,(H,19,21). The summed E-state index contributed by atoms with van der Waals surface area (Å²) >= 11 is 4.66. The van der Waals surface area contributed by atoms with Gasteiger partial charge in [-0.2, -0.15) is 0 Å². The van der Waals surface area contributed by atoms with E-state index < -0.39 is 0 Å². The number of carbonyl (C=O) groups excluding carboxylic acids is 2. The van der Waals surface area contributed by atoms with Crippen molar-refractivity contribution in [1.82, 2.24) is 10.2 Å². The minimum absolute atomic E-state index is 0.00675. The van der Waals surface area contributed by atoms with E-state index in [1.54, 1.807) is 0 Å². The van der Waals surface area contributed by atoms with Crippen molar-refractivity contribution >= 4 is 39.0 Å². The van der Waals surface area contributed by atoms with Crippen molar-refractivity contribution in [3.05, 3.63) is 34.3 Å². The molecule has 124 valence electrons. The summed E-state index contributed by atoms with van der Waals surface area (Å²) < 4.78 is 1.01. The van der Waals surface area contributed by atoms with Gasteiger partial charge in [-0.25, -0.2) is 4.79 Å². The third-order valence-corrected chi connectivity index (χ3v) is 6.47. The molecule has 1 heterocycles. The van der Waals surface area contributed by atoms with Crippen LogP contribution in [0.3, 0.4) is 0 Å². The zero-order chi connectivity index (χ0) is 16.4. The van der Waals surface area contributed by atoms with Gasteiger partial charge in [0.15, 0.2) is 0 Å². The quantitative estimate of drug-likeness (QED) is 0.756. The molecule has 2 atom stereocenters. The summed E-state index contributed by atoms with van der Waals surface area (Å²) in [5.41, 5.74) is 1.08. The zero-order valence-electron chi connectivity index (χ0n) is 13.1. The molecule has 0 radical (unpaired) electrons. The van der Waals surface area contributed by atoms with Gasteiger partial charge in [0.05, 0.1) is 11.3 Å². The lowest BCUT2D eigenvalue weighted by Gasteiger charge is -2.27. The summed E-state index contributed by atoms with van der Waals surface area (Å²) in [6, 6.07) is 7.80. The fraction of sp³-hybridized carbons (Fsp3) is 0.529. The van der Waals surface area contributed by atoms with Gasteiger partial charge in [0.2, 0.25) is 0 Å². The van der Waals surface area contributed by atoms with Crippen molar-refractivity contribution in [3.63, 3.8) is 0 Å². The number of urea groups is 1. The number of halogens is 1. The lowest BCUT2D eigenvalue weighted by molar-refractivity contribution is 0.184. The highest BCUT2D eigenvalue weighted by atomic mass is 79.9. The van der Waals surface area contributed by atoms with Gasteiger partial charge in [0, 0.05) is 10.5 Å². The van der Waals surface area contributed by atoms with Crippen LogP contribution in [-0.4, -0.2) is 28.3 Å². The number of nitrogens with zero attached hydrogens (tertiary/aromatic N) is 1. The van der Waals surface area contributed by atoms with Crippen LogP contribution in [0.1, 0.15) is 49.8 Å². The number of thioether (sulfide) groups is 1. The maximum absolute atomic E-state index is 12.5. The van der Waals surface area contributed by atoms with Gasteiger partial charge >= 0.3 is 6.03 Å². The summed E-state index contributed by atoms with van der Waals surface area (Å²) in [7, 11) is 0. The maximum Gasteiger partial charge on any atom is 0.325 e. The molecule has 2 aliphatic rings. The van der Waals surface area contributed by atoms with Gasteiger partial charge in [-0.3, -0.25) is 9.69 Å². The van der Waals surface area contributed by atoms with Gasteiger partial charge in [-0.05, 0) is 37.5 Å². The van der Waals surface area contributed by atoms with E-state index in [9.17, 15) is 9.59 Å². The van der Waals surface area contributed by atoms with Crippen LogP contribution >= 0.6 is 27.7 Å². The normalized spacial score (nSPS) is 25.7. The molecule has 0 bridgehead atoms. The summed E-state index contributed by atoms with van der Waals surface area (Å²) in [6.45, 7) is 1.95. The highest BCUT2D eigenvalue weighted by Gasteiger charge is 2.42. The Bertz CT molecular complexity index is 587. The van der Waals surface area contributed by atoms with Crippen LogP contribution < -0.4 is 5.32 Å². The van der Waals surface area contributed by atoms with Crippen molar-refractivity contribution in [2.75, 3.05) is 0 Å². The smallest absolute Gasteiger partial charge is 0.325 e. The zero-order valence-corrected chi connectivity index (χ0v) is 15.5. The second kappa shape index (κ2) is 7.26. The maximum atomic E-state index is 12.5. The first-order valence-electron chi connectivity index (χ1n) is 8.12. The van der Waals surface area contributed by atoms with E-state index in [0.717, 1.165) is 35.7 Å². The molecule has 0 aromatic heterocycles. The Balaban J connectivity index is 1.69. The molecular formula is C17H21BrN2O2S. The van der Waals surface area contributed by atoms with Crippen LogP contribution in [0.25, 0.3) is 0 Å². The molecular weight excluding hydrogens is 376 g/mol. The van der Waals surface area contributed by atoms with Crippen molar-refractivity contribution in [1.29, 1.82) is 0 Å². The van der Waals surface area contributed by atoms with E-state index in [4.69, 9.17) is 0 Å². The number of amides is 3. The van der Waals surface area contributed by atoms with E-state index >= 15 is 0 Å². The molecule has 3 amide bonds. The van der Waals surface area contributed by atoms with Crippen molar-refractivity contribution < 1.29 is 9.59 Å². The van der Waals surface area contributed by atoms with Crippen LogP contribution in [0.5, 0.6) is 0 Å². The van der Waals surface area contributed by atoms with Gasteiger partial charge in [-0.1, -0.05) is 59.1 Å². The molecule has 1 saturated heterocycles. The first-order chi connectivity index (χ1) is 11.1. The van der Waals surface area contributed by atoms with Gasteiger partial charge in [-0.15, -0.1) is 0 Å². The molecule has 6 heteroatoms. The second-order valence-corrected chi connectivity index (χ2v) is 8.26. The Kier molecular flexibility index (Phi) is 5.31. The Labute approximate surface area is 149 Å². The molecule has 1 aromatic rings.